The van der Waals surface area contributed by atoms with Crippen LogP contribution in [0.2, 0.25) is 0 Å². The summed E-state index contributed by atoms with van der Waals surface area (Å²) in [5.74, 6) is -3.74. The number of thiazole rings is 1. The average Bonchev–Trinajstić information content (AvgIpc) is 3.62. The van der Waals surface area contributed by atoms with Gasteiger partial charge in [-0.3, -0.25) is 28.9 Å². The second kappa shape index (κ2) is 21.3. The molecular weight excluding hydrogens is 714 g/mol. The first-order valence-electron chi connectivity index (χ1n) is 19.3. The molecule has 1 aromatic heterocycles. The number of amides is 3. The molecule has 2 unspecified atom stereocenters. The first-order valence-corrected chi connectivity index (χ1v) is 20.2. The molecular formula is C40H60FN5O7S. The van der Waals surface area contributed by atoms with Gasteiger partial charge in [0.2, 0.25) is 11.8 Å². The van der Waals surface area contributed by atoms with E-state index in [1.807, 2.05) is 51.5 Å². The number of nitrogens with one attached hydrogen (secondary N) is 2. The van der Waals surface area contributed by atoms with Gasteiger partial charge in [0.05, 0.1) is 12.0 Å². The summed E-state index contributed by atoms with van der Waals surface area (Å²) < 4.78 is 19.4. The van der Waals surface area contributed by atoms with E-state index in [1.54, 1.807) is 24.4 Å². The monoisotopic (exact) mass is 773 g/mol. The number of carboxylic acids is 1. The van der Waals surface area contributed by atoms with Crippen LogP contribution in [-0.2, 0) is 30.3 Å². The summed E-state index contributed by atoms with van der Waals surface area (Å²) in [6.45, 7) is 14.1. The van der Waals surface area contributed by atoms with Crippen LogP contribution in [0, 0.1) is 23.6 Å². The molecule has 0 radical (unpaired) electrons. The molecule has 12 nitrogen and oxygen atoms in total. The quantitative estimate of drug-likeness (QED) is 0.137. The average molecular weight is 774 g/mol. The lowest BCUT2D eigenvalue weighted by Crippen LogP contribution is -2.58. The van der Waals surface area contributed by atoms with Crippen LogP contribution < -0.4 is 10.6 Å². The van der Waals surface area contributed by atoms with Crippen molar-refractivity contribution < 1.29 is 38.2 Å². The summed E-state index contributed by atoms with van der Waals surface area (Å²) in [5, 5.41) is 17.5. The van der Waals surface area contributed by atoms with E-state index >= 15 is 0 Å². The van der Waals surface area contributed by atoms with E-state index in [2.05, 4.69) is 15.6 Å². The van der Waals surface area contributed by atoms with Gasteiger partial charge in [-0.25, -0.2) is 9.37 Å². The minimum absolute atomic E-state index is 0.0671. The third kappa shape index (κ3) is 12.9. The van der Waals surface area contributed by atoms with Crippen LogP contribution >= 0.6 is 11.3 Å². The molecule has 3 amide bonds. The predicted molar refractivity (Wildman–Crippen MR) is 206 cm³/mol. The number of hydrogen-bond acceptors (Lipinski definition) is 9. The Kier molecular flexibility index (Phi) is 17.5. The summed E-state index contributed by atoms with van der Waals surface area (Å²) in [6.07, 6.45) is 3.85. The molecule has 0 spiro atoms. The van der Waals surface area contributed by atoms with Gasteiger partial charge in [-0.05, 0) is 75.2 Å². The van der Waals surface area contributed by atoms with E-state index in [-0.39, 0.29) is 54.6 Å². The molecule has 0 saturated carbocycles. The standard InChI is InChI=1S/C40H60FN5O7S/c1-9-18-46(39(50)35(25(5)10-2)44-37(49)32-13-11-12-19-45(32)8)33(24(3)4)22-34(53-27(7)47)38-43-31(23-54-38)36(48)42-30(20-26(6)40(51)52)21-28-14-16-29(41)17-15-28/h14-17,23-26,30,32-35H,9-13,18-22H2,1-8H3,(H,42,48)(H,44,49)(H,51,52)/t25-,26-,30+,32?,33+,34+,35?/m0/s1. The number of carboxylic acid groups (broad SMARTS) is 1. The van der Waals surface area contributed by atoms with Crippen LogP contribution in [0.1, 0.15) is 121 Å². The molecule has 0 aliphatic carbocycles. The highest BCUT2D eigenvalue weighted by atomic mass is 32.1. The Morgan fingerprint density at radius 1 is 1.06 bits per heavy atom. The number of halogens is 1. The van der Waals surface area contributed by atoms with E-state index in [4.69, 9.17) is 4.74 Å². The Morgan fingerprint density at radius 2 is 1.74 bits per heavy atom. The summed E-state index contributed by atoms with van der Waals surface area (Å²) >= 11 is 1.16. The van der Waals surface area contributed by atoms with Crippen molar-refractivity contribution in [2.24, 2.45) is 17.8 Å². The van der Waals surface area contributed by atoms with Crippen molar-refractivity contribution in [2.45, 2.75) is 130 Å². The van der Waals surface area contributed by atoms with E-state index in [0.717, 1.165) is 42.7 Å². The molecule has 3 rings (SSSR count). The highest BCUT2D eigenvalue weighted by molar-refractivity contribution is 7.09. The zero-order valence-electron chi connectivity index (χ0n) is 33.1. The van der Waals surface area contributed by atoms with E-state index < -0.39 is 53.8 Å². The Labute approximate surface area is 323 Å². The highest BCUT2D eigenvalue weighted by Crippen LogP contribution is 2.32. The molecule has 1 fully saturated rings. The Balaban J connectivity index is 1.88. The summed E-state index contributed by atoms with van der Waals surface area (Å²) in [4.78, 5) is 74.2. The fourth-order valence-corrected chi connectivity index (χ4v) is 7.84. The van der Waals surface area contributed by atoms with Gasteiger partial charge in [0.1, 0.15) is 22.6 Å². The number of benzene rings is 1. The van der Waals surface area contributed by atoms with Crippen LogP contribution in [0.5, 0.6) is 0 Å². The number of hydrogen-bond donors (Lipinski definition) is 3. The van der Waals surface area contributed by atoms with Crippen molar-refractivity contribution in [2.75, 3.05) is 20.1 Å². The topological polar surface area (TPSA) is 158 Å². The molecule has 3 N–H and O–H groups in total. The van der Waals surface area contributed by atoms with Crippen LogP contribution in [-0.4, -0.2) is 93.9 Å². The van der Waals surface area contributed by atoms with E-state index in [0.29, 0.717) is 24.4 Å². The molecule has 54 heavy (non-hydrogen) atoms. The van der Waals surface area contributed by atoms with E-state index in [9.17, 15) is 33.5 Å². The number of ether oxygens (including phenoxy) is 1. The lowest BCUT2D eigenvalue weighted by molar-refractivity contribution is -0.150. The number of rotatable bonds is 20. The molecule has 1 saturated heterocycles. The van der Waals surface area contributed by atoms with Crippen molar-refractivity contribution in [1.82, 2.24) is 25.4 Å². The van der Waals surface area contributed by atoms with Gasteiger partial charge in [-0.1, -0.05) is 66.5 Å². The predicted octanol–water partition coefficient (Wildman–Crippen LogP) is 6.01. The molecule has 1 aliphatic rings. The van der Waals surface area contributed by atoms with Crippen molar-refractivity contribution in [3.63, 3.8) is 0 Å². The fraction of sp³-hybridized carbons (Fsp3) is 0.650. The maximum Gasteiger partial charge on any atom is 0.306 e. The zero-order chi connectivity index (χ0) is 40.1. The van der Waals surface area contributed by atoms with Crippen molar-refractivity contribution in [1.29, 1.82) is 0 Å². The number of aromatic nitrogens is 1. The van der Waals surface area contributed by atoms with E-state index in [1.165, 1.54) is 19.1 Å². The second-order valence-electron chi connectivity index (χ2n) is 15.1. The third-order valence-corrected chi connectivity index (χ3v) is 11.3. The van der Waals surface area contributed by atoms with Crippen molar-refractivity contribution >= 4 is 41.0 Å². The Morgan fingerprint density at radius 3 is 2.31 bits per heavy atom. The van der Waals surface area contributed by atoms with Gasteiger partial charge < -0.3 is 25.4 Å². The van der Waals surface area contributed by atoms with Gasteiger partial charge in [-0.2, -0.15) is 0 Å². The minimum Gasteiger partial charge on any atom is -0.481 e. The maximum atomic E-state index is 14.6. The summed E-state index contributed by atoms with van der Waals surface area (Å²) in [7, 11) is 1.94. The van der Waals surface area contributed by atoms with Gasteiger partial charge in [-0.15, -0.1) is 11.3 Å². The first-order chi connectivity index (χ1) is 25.6. The Hall–Kier alpha value is -3.91. The van der Waals surface area contributed by atoms with Gasteiger partial charge >= 0.3 is 11.9 Å². The number of likely N-dealkylation sites (N-methyl/N-ethyl adjacent to an activating group) is 1. The minimum atomic E-state index is -1.00. The normalized spacial score (nSPS) is 18.1. The van der Waals surface area contributed by atoms with Gasteiger partial charge in [0.15, 0.2) is 6.10 Å². The molecule has 300 valence electrons. The molecule has 14 heteroatoms. The van der Waals surface area contributed by atoms with Crippen LogP contribution in [0.3, 0.4) is 0 Å². The Bertz CT molecular complexity index is 1550. The first kappa shape index (κ1) is 44.5. The SMILES string of the molecule is CCCN(C(=O)C(NC(=O)C1CCCCN1C)[C@@H](C)CC)[C@H](C[C@@H](OC(C)=O)c1nc(C(=O)N[C@@H](Cc2ccc(F)cc2)C[C@H](C)C(=O)O)cs1)C(C)C. The molecule has 1 aromatic carbocycles. The number of carbonyl (C=O) groups is 5. The molecule has 2 aromatic rings. The molecule has 1 aliphatic heterocycles. The molecule has 2 heterocycles. The largest absolute Gasteiger partial charge is 0.481 e. The van der Waals surface area contributed by atoms with Gasteiger partial charge in [0.25, 0.3) is 5.91 Å². The molecule has 0 bridgehead atoms. The number of likely N-dealkylation sites (tertiary alicyclic amines) is 1. The highest BCUT2D eigenvalue weighted by Gasteiger charge is 2.38. The summed E-state index contributed by atoms with van der Waals surface area (Å²) in [5.41, 5.74) is 0.810. The maximum absolute atomic E-state index is 14.6. The summed E-state index contributed by atoms with van der Waals surface area (Å²) in [6, 6.07) is 3.80. The number of nitrogens with zero attached hydrogens (tertiary/aromatic N) is 3. The smallest absolute Gasteiger partial charge is 0.306 e. The van der Waals surface area contributed by atoms with Crippen molar-refractivity contribution in [3.8, 4) is 0 Å². The van der Waals surface area contributed by atoms with Crippen LogP contribution in [0.4, 0.5) is 4.39 Å². The van der Waals surface area contributed by atoms with Crippen molar-refractivity contribution in [3.05, 3.63) is 51.7 Å². The lowest BCUT2D eigenvalue weighted by atomic mass is 9.92. The number of carbonyl (C=O) groups excluding carboxylic acids is 4. The molecule has 7 atom stereocenters. The third-order valence-electron chi connectivity index (χ3n) is 10.4. The van der Waals surface area contributed by atoms with Crippen LogP contribution in [0.15, 0.2) is 29.6 Å². The number of piperidine rings is 1. The lowest BCUT2D eigenvalue weighted by Gasteiger charge is -2.40. The van der Waals surface area contributed by atoms with Gasteiger partial charge in [0, 0.05) is 37.4 Å². The zero-order valence-corrected chi connectivity index (χ0v) is 33.9. The van der Waals surface area contributed by atoms with Crippen LogP contribution in [0.25, 0.3) is 0 Å². The number of esters is 1. The fourth-order valence-electron chi connectivity index (χ4n) is 7.00. The number of aliphatic carboxylic acids is 1. The second-order valence-corrected chi connectivity index (χ2v) is 16.0.